The Morgan fingerprint density at radius 3 is 2.43 bits per heavy atom. The van der Waals surface area contributed by atoms with Gasteiger partial charge in [0.25, 0.3) is 0 Å². The molecule has 1 amide bonds. The van der Waals surface area contributed by atoms with Gasteiger partial charge >= 0.3 is 0 Å². The van der Waals surface area contributed by atoms with E-state index in [-0.39, 0.29) is 34.5 Å². The highest BCUT2D eigenvalue weighted by Crippen LogP contribution is 2.56. The summed E-state index contributed by atoms with van der Waals surface area (Å²) in [5.74, 6) is -6.99. The molecule has 0 aromatic heterocycles. The van der Waals surface area contributed by atoms with E-state index >= 15 is 0 Å². The largest absolute Gasteiger partial charge is 0.507 e. The Morgan fingerprint density at radius 1 is 1.20 bits per heavy atom. The first-order valence-corrected chi connectivity index (χ1v) is 9.19. The van der Waals surface area contributed by atoms with Gasteiger partial charge < -0.3 is 31.3 Å². The fourth-order valence-electron chi connectivity index (χ4n) is 5.25. The van der Waals surface area contributed by atoms with E-state index in [1.54, 1.807) is 0 Å². The molecule has 3 aliphatic rings. The summed E-state index contributed by atoms with van der Waals surface area (Å²) in [6.45, 7) is 1.37. The van der Waals surface area contributed by atoms with E-state index in [0.717, 1.165) is 0 Å². The van der Waals surface area contributed by atoms with Crippen LogP contribution in [0.5, 0.6) is 5.75 Å². The van der Waals surface area contributed by atoms with Crippen LogP contribution >= 0.6 is 17.0 Å². The van der Waals surface area contributed by atoms with Crippen molar-refractivity contribution in [3.05, 3.63) is 34.9 Å². The monoisotopic (exact) mass is 483 g/mol. The number of Topliss-reactive ketones (excluding diaryl/α,β-unsaturated/α-hetero) is 2. The second-order valence-electron chi connectivity index (χ2n) is 8.22. The maximum absolute atomic E-state index is 13.3. The van der Waals surface area contributed by atoms with Crippen molar-refractivity contribution >= 4 is 40.2 Å². The van der Waals surface area contributed by atoms with Crippen LogP contribution in [-0.4, -0.2) is 60.8 Å². The van der Waals surface area contributed by atoms with Crippen molar-refractivity contribution < 1.29 is 39.9 Å². The Kier molecular flexibility index (Phi) is 5.14. The lowest BCUT2D eigenvalue weighted by molar-refractivity contribution is -0.181. The molecule has 3 aliphatic carbocycles. The zero-order valence-corrected chi connectivity index (χ0v) is 17.6. The molecule has 1 aromatic rings. The van der Waals surface area contributed by atoms with E-state index in [2.05, 4.69) is 0 Å². The minimum absolute atomic E-state index is 0. The number of benzene rings is 1. The third-order valence-corrected chi connectivity index (χ3v) is 6.79. The summed E-state index contributed by atoms with van der Waals surface area (Å²) < 4.78 is 0. The van der Waals surface area contributed by atoms with Crippen molar-refractivity contribution in [3.63, 3.8) is 0 Å². The third-order valence-electron chi connectivity index (χ3n) is 6.79. The van der Waals surface area contributed by atoms with Crippen molar-refractivity contribution in [3.8, 4) is 5.75 Å². The van der Waals surface area contributed by atoms with Crippen molar-refractivity contribution in [2.24, 2.45) is 17.6 Å². The van der Waals surface area contributed by atoms with Gasteiger partial charge in [0.15, 0.2) is 11.4 Å². The SMILES string of the molecule is Br.CC1(C(N)=O)c2cccc(O)c2C(O)=C2C(=O)C3(O)C(=O)CC(O)CC3C(O)C21. The number of phenols is 1. The Hall–Kier alpha value is -2.27. The molecule has 4 rings (SSSR count). The van der Waals surface area contributed by atoms with Crippen LogP contribution in [0.15, 0.2) is 23.8 Å². The molecule has 1 aromatic carbocycles. The molecule has 0 radical (unpaired) electrons. The van der Waals surface area contributed by atoms with Gasteiger partial charge in [-0.2, -0.15) is 0 Å². The van der Waals surface area contributed by atoms with Crippen LogP contribution in [-0.2, 0) is 19.8 Å². The van der Waals surface area contributed by atoms with Crippen molar-refractivity contribution in [2.75, 3.05) is 0 Å². The number of carbonyl (C=O) groups is 3. The quantitative estimate of drug-likeness (QED) is 0.292. The molecule has 0 saturated heterocycles. The average Bonchev–Trinajstić information content (AvgIpc) is 2.64. The Bertz CT molecular complexity index is 1010. The van der Waals surface area contributed by atoms with Gasteiger partial charge in [0.05, 0.1) is 23.2 Å². The van der Waals surface area contributed by atoms with Crippen LogP contribution in [0.1, 0.15) is 30.9 Å². The molecule has 6 atom stereocenters. The van der Waals surface area contributed by atoms with Crippen LogP contribution < -0.4 is 5.73 Å². The van der Waals surface area contributed by atoms with Gasteiger partial charge in [0.2, 0.25) is 11.7 Å². The molecule has 30 heavy (non-hydrogen) atoms. The van der Waals surface area contributed by atoms with E-state index in [9.17, 15) is 39.9 Å². The number of hydrogen-bond acceptors (Lipinski definition) is 8. The van der Waals surface area contributed by atoms with Gasteiger partial charge in [-0.25, -0.2) is 0 Å². The summed E-state index contributed by atoms with van der Waals surface area (Å²) in [5.41, 5.74) is 0.623. The predicted octanol–water partition coefficient (Wildman–Crippen LogP) is -0.373. The number of aliphatic hydroxyl groups excluding tert-OH is 3. The summed E-state index contributed by atoms with van der Waals surface area (Å²) in [6, 6.07) is 4.10. The second kappa shape index (κ2) is 6.88. The number of hydrogen-bond donors (Lipinski definition) is 6. The molecule has 9 nitrogen and oxygen atoms in total. The number of aliphatic hydroxyl groups is 4. The summed E-state index contributed by atoms with van der Waals surface area (Å²) in [7, 11) is 0. The van der Waals surface area contributed by atoms with E-state index < -0.39 is 76.0 Å². The number of halogens is 1. The molecule has 0 heterocycles. The van der Waals surface area contributed by atoms with Crippen LogP contribution in [0.3, 0.4) is 0 Å². The lowest BCUT2D eigenvalue weighted by Gasteiger charge is -2.53. The third kappa shape index (κ3) is 2.48. The number of nitrogens with two attached hydrogens (primary N) is 1. The number of aromatic hydroxyl groups is 1. The van der Waals surface area contributed by atoms with Crippen LogP contribution in [0.4, 0.5) is 0 Å². The minimum atomic E-state index is -2.65. The van der Waals surface area contributed by atoms with Crippen LogP contribution in [0, 0.1) is 11.8 Å². The highest BCUT2D eigenvalue weighted by molar-refractivity contribution is 8.93. The maximum Gasteiger partial charge on any atom is 0.228 e. The van der Waals surface area contributed by atoms with Crippen LogP contribution in [0.2, 0.25) is 0 Å². The first kappa shape index (κ1) is 22.4. The molecule has 7 N–H and O–H groups in total. The fourth-order valence-corrected chi connectivity index (χ4v) is 5.25. The minimum Gasteiger partial charge on any atom is -0.507 e. The molecule has 162 valence electrons. The van der Waals surface area contributed by atoms with Crippen molar-refractivity contribution in [1.29, 1.82) is 0 Å². The molecule has 0 aliphatic heterocycles. The molecule has 10 heteroatoms. The van der Waals surface area contributed by atoms with Gasteiger partial charge in [0, 0.05) is 23.8 Å². The second-order valence-corrected chi connectivity index (χ2v) is 8.22. The van der Waals surface area contributed by atoms with Gasteiger partial charge in [-0.3, -0.25) is 14.4 Å². The van der Waals surface area contributed by atoms with Crippen molar-refractivity contribution in [1.82, 2.24) is 0 Å². The molecule has 2 saturated carbocycles. The number of rotatable bonds is 1. The number of fused-ring (bicyclic) bond motifs is 3. The normalized spacial score (nSPS) is 37.6. The number of phenolic OH excluding ortho intramolecular Hbond substituents is 1. The average molecular weight is 484 g/mol. The fraction of sp³-hybridized carbons (Fsp3) is 0.450. The zero-order chi connectivity index (χ0) is 21.5. The Morgan fingerprint density at radius 2 is 1.83 bits per heavy atom. The van der Waals surface area contributed by atoms with E-state index in [1.165, 1.54) is 25.1 Å². The number of carbonyl (C=O) groups excluding carboxylic acids is 3. The summed E-state index contributed by atoms with van der Waals surface area (Å²) in [5, 5.41) is 53.2. The lowest BCUT2D eigenvalue weighted by atomic mass is 9.50. The molecular formula is C20H22BrNO8. The topological polar surface area (TPSA) is 178 Å². The Labute approximate surface area is 181 Å². The molecule has 0 bridgehead atoms. The summed E-state index contributed by atoms with van der Waals surface area (Å²) in [6.07, 6.45) is -3.56. The zero-order valence-electron chi connectivity index (χ0n) is 15.9. The summed E-state index contributed by atoms with van der Waals surface area (Å²) in [4.78, 5) is 38.4. The van der Waals surface area contributed by atoms with Crippen molar-refractivity contribution in [2.45, 2.75) is 43.0 Å². The van der Waals surface area contributed by atoms with E-state index in [0.29, 0.717) is 0 Å². The first-order chi connectivity index (χ1) is 13.5. The van der Waals surface area contributed by atoms with Gasteiger partial charge in [-0.1, -0.05) is 12.1 Å². The molecular weight excluding hydrogens is 462 g/mol. The highest BCUT2D eigenvalue weighted by Gasteiger charge is 2.68. The summed E-state index contributed by atoms with van der Waals surface area (Å²) >= 11 is 0. The number of primary amides is 1. The maximum atomic E-state index is 13.3. The van der Waals surface area contributed by atoms with Gasteiger partial charge in [-0.15, -0.1) is 17.0 Å². The van der Waals surface area contributed by atoms with Gasteiger partial charge in [-0.05, 0) is 25.0 Å². The predicted molar refractivity (Wildman–Crippen MR) is 108 cm³/mol. The number of ketones is 2. The smallest absolute Gasteiger partial charge is 0.228 e. The van der Waals surface area contributed by atoms with E-state index in [4.69, 9.17) is 5.73 Å². The molecule has 2 fully saturated rings. The van der Waals surface area contributed by atoms with Gasteiger partial charge in [0.1, 0.15) is 11.5 Å². The molecule has 0 spiro atoms. The lowest BCUT2D eigenvalue weighted by Crippen LogP contribution is -2.69. The van der Waals surface area contributed by atoms with E-state index in [1.807, 2.05) is 0 Å². The first-order valence-electron chi connectivity index (χ1n) is 9.19. The van der Waals surface area contributed by atoms with Crippen LogP contribution in [0.25, 0.3) is 5.76 Å². The molecule has 6 unspecified atom stereocenters. The standard InChI is InChI=1S/C20H21NO8.BrH/c1-19(18(21)28)8-3-2-4-10(23)12(8)16(26)13-14(19)15(25)9-5-7(22)6-11(24)20(9,29)17(13)27;/h2-4,7,9,14-15,22-23,25-26,29H,5-6H2,1H3,(H2,21,28);1H. The highest BCUT2D eigenvalue weighted by atomic mass is 79.9. The number of amides is 1. The Balaban J connectivity index is 0.00000256.